The normalized spacial score (nSPS) is 17.0. The van der Waals surface area contributed by atoms with Gasteiger partial charge in [-0.25, -0.2) is 15.0 Å². The fourth-order valence-electron chi connectivity index (χ4n) is 4.79. The number of imidazole rings is 1. The van der Waals surface area contributed by atoms with Gasteiger partial charge in [0.2, 0.25) is 5.78 Å². The second-order valence-electron chi connectivity index (χ2n) is 10.2. The summed E-state index contributed by atoms with van der Waals surface area (Å²) in [7, 11) is 1.64. The van der Waals surface area contributed by atoms with Crippen LogP contribution in [-0.4, -0.2) is 40.1 Å². The van der Waals surface area contributed by atoms with Crippen molar-refractivity contribution in [2.24, 2.45) is 7.05 Å². The highest BCUT2D eigenvalue weighted by molar-refractivity contribution is 5.74. The Morgan fingerprint density at radius 3 is 2.50 bits per heavy atom. The summed E-state index contributed by atoms with van der Waals surface area (Å²) >= 11 is 0. The molecular formula is C26H28N6O2. The Bertz CT molecular complexity index is 1510. The van der Waals surface area contributed by atoms with Gasteiger partial charge < -0.3 is 15.0 Å². The number of hydrogen-bond acceptors (Lipinski definition) is 6. The zero-order valence-electron chi connectivity index (χ0n) is 20.0. The average Bonchev–Trinajstić information content (AvgIpc) is 3.16. The first-order valence-electron chi connectivity index (χ1n) is 11.2. The lowest BCUT2D eigenvalue weighted by molar-refractivity contribution is 0.297. The monoisotopic (exact) mass is 456 g/mol. The maximum Gasteiger partial charge on any atom is 0.253 e. The van der Waals surface area contributed by atoms with E-state index in [1.165, 1.54) is 22.5 Å². The zero-order valence-corrected chi connectivity index (χ0v) is 20.0. The number of nitrogens with zero attached hydrogens (tertiary/aromatic N) is 5. The van der Waals surface area contributed by atoms with Gasteiger partial charge in [0, 0.05) is 47.7 Å². The fourth-order valence-corrected chi connectivity index (χ4v) is 4.79. The second-order valence-corrected chi connectivity index (χ2v) is 10.2. The van der Waals surface area contributed by atoms with Crippen molar-refractivity contribution >= 4 is 11.4 Å². The molecule has 34 heavy (non-hydrogen) atoms. The van der Waals surface area contributed by atoms with Gasteiger partial charge in [0.1, 0.15) is 5.75 Å². The smallest absolute Gasteiger partial charge is 0.253 e. The van der Waals surface area contributed by atoms with Gasteiger partial charge in [-0.2, -0.15) is 0 Å². The van der Waals surface area contributed by atoms with Gasteiger partial charge >= 0.3 is 0 Å². The molecule has 0 fully saturated rings. The Balaban J connectivity index is 1.50. The largest absolute Gasteiger partial charge is 0.507 e. The summed E-state index contributed by atoms with van der Waals surface area (Å²) < 4.78 is 3.25. The third kappa shape index (κ3) is 4.12. The third-order valence-electron chi connectivity index (χ3n) is 6.03. The molecule has 1 aliphatic heterocycles. The number of nitrogens with one attached hydrogen (secondary N) is 1. The highest BCUT2D eigenvalue weighted by Gasteiger charge is 2.33. The molecule has 0 radical (unpaired) electrons. The van der Waals surface area contributed by atoms with E-state index in [9.17, 15) is 9.90 Å². The van der Waals surface area contributed by atoms with Crippen molar-refractivity contribution in [2.45, 2.75) is 45.2 Å². The Hall–Kier alpha value is -3.78. The van der Waals surface area contributed by atoms with Crippen LogP contribution in [-0.2, 0) is 7.05 Å². The number of rotatable bonds is 3. The molecule has 0 unspecified atom stereocenters. The van der Waals surface area contributed by atoms with Crippen molar-refractivity contribution in [3.05, 3.63) is 71.2 Å². The molecule has 8 nitrogen and oxygen atoms in total. The summed E-state index contributed by atoms with van der Waals surface area (Å²) in [6.07, 6.45) is 8.37. The van der Waals surface area contributed by atoms with Crippen molar-refractivity contribution in [3.8, 4) is 28.3 Å². The van der Waals surface area contributed by atoms with Crippen molar-refractivity contribution in [3.63, 3.8) is 0 Å². The SMILES string of the molecule is Cn1cnc(-c2ccc(-c3cn4ccc(C5=CC(C)(C)NC(C)(C)C5)nc4n3)c(O)c2)cc1=O. The lowest BCUT2D eigenvalue weighted by Gasteiger charge is -2.41. The fraction of sp³-hybridized carbons (Fsp3) is 0.308. The maximum absolute atomic E-state index is 11.9. The van der Waals surface area contributed by atoms with Crippen molar-refractivity contribution < 1.29 is 5.11 Å². The summed E-state index contributed by atoms with van der Waals surface area (Å²) in [5.41, 5.74) is 4.14. The van der Waals surface area contributed by atoms with E-state index in [0.717, 1.165) is 12.1 Å². The van der Waals surface area contributed by atoms with Gasteiger partial charge in [-0.05, 0) is 57.9 Å². The van der Waals surface area contributed by atoms with E-state index >= 15 is 0 Å². The van der Waals surface area contributed by atoms with Crippen LogP contribution in [0.2, 0.25) is 0 Å². The van der Waals surface area contributed by atoms with Crippen LogP contribution in [0.25, 0.3) is 33.9 Å². The number of aromatic nitrogens is 5. The van der Waals surface area contributed by atoms with Gasteiger partial charge in [-0.1, -0.05) is 12.1 Å². The lowest BCUT2D eigenvalue weighted by Crippen LogP contribution is -2.53. The number of aromatic hydroxyl groups is 1. The molecule has 0 bridgehead atoms. The Labute approximate surface area is 197 Å². The number of fused-ring (bicyclic) bond motifs is 1. The van der Waals surface area contributed by atoms with E-state index in [4.69, 9.17) is 4.98 Å². The highest BCUT2D eigenvalue weighted by atomic mass is 16.3. The first-order valence-corrected chi connectivity index (χ1v) is 11.2. The molecule has 5 rings (SSSR count). The summed E-state index contributed by atoms with van der Waals surface area (Å²) in [5, 5.41) is 14.4. The van der Waals surface area contributed by atoms with E-state index in [0.29, 0.717) is 28.3 Å². The number of hydrogen-bond donors (Lipinski definition) is 2. The van der Waals surface area contributed by atoms with Crippen LogP contribution in [0.5, 0.6) is 5.75 Å². The molecule has 1 aliphatic rings. The molecule has 4 aromatic rings. The molecule has 1 aromatic carbocycles. The van der Waals surface area contributed by atoms with Crippen LogP contribution in [0.1, 0.15) is 39.8 Å². The quantitative estimate of drug-likeness (QED) is 0.487. The minimum Gasteiger partial charge on any atom is -0.507 e. The van der Waals surface area contributed by atoms with Crippen molar-refractivity contribution in [1.82, 2.24) is 29.2 Å². The number of phenolic OH excluding ortho intramolecular Hbond substituents is 1. The van der Waals surface area contributed by atoms with Crippen LogP contribution in [0, 0.1) is 0 Å². The predicted molar refractivity (Wildman–Crippen MR) is 132 cm³/mol. The van der Waals surface area contributed by atoms with Crippen molar-refractivity contribution in [2.75, 3.05) is 0 Å². The van der Waals surface area contributed by atoms with Crippen LogP contribution >= 0.6 is 0 Å². The number of benzene rings is 1. The minimum absolute atomic E-state index is 0.0344. The van der Waals surface area contributed by atoms with Gasteiger partial charge in [0.15, 0.2) is 0 Å². The Kier molecular flexibility index (Phi) is 4.95. The van der Waals surface area contributed by atoms with Gasteiger partial charge in [-0.15, -0.1) is 0 Å². The van der Waals surface area contributed by atoms with Gasteiger partial charge in [0.25, 0.3) is 5.56 Å². The molecule has 174 valence electrons. The number of aryl methyl sites for hydroxylation is 1. The standard InChI is InChI=1S/C26H28N6O2/c1-25(2)12-17(13-26(3,4)30-25)19-8-9-32-14-21(29-24(32)28-19)18-7-6-16(10-22(18)33)20-11-23(34)31(5)15-27-20/h6-12,14-15,30,33H,13H2,1-5H3. The topological polar surface area (TPSA) is 97.3 Å². The summed E-state index contributed by atoms with van der Waals surface area (Å²) in [5.74, 6) is 0.632. The van der Waals surface area contributed by atoms with E-state index in [1.807, 2.05) is 28.9 Å². The molecule has 2 N–H and O–H groups in total. The van der Waals surface area contributed by atoms with Gasteiger partial charge in [-0.3, -0.25) is 9.20 Å². The van der Waals surface area contributed by atoms with E-state index < -0.39 is 0 Å². The molecule has 3 aromatic heterocycles. The first-order chi connectivity index (χ1) is 16.0. The molecule has 4 heterocycles. The summed E-state index contributed by atoms with van der Waals surface area (Å²) in [6, 6.07) is 8.66. The predicted octanol–water partition coefficient (Wildman–Crippen LogP) is 3.80. The molecule has 0 atom stereocenters. The van der Waals surface area contributed by atoms with Crippen LogP contribution in [0.4, 0.5) is 0 Å². The zero-order chi connectivity index (χ0) is 24.3. The molecule has 0 saturated carbocycles. The highest BCUT2D eigenvalue weighted by Crippen LogP contribution is 2.34. The molecule has 0 aliphatic carbocycles. The minimum atomic E-state index is -0.161. The van der Waals surface area contributed by atoms with Gasteiger partial charge in [0.05, 0.1) is 23.4 Å². The Morgan fingerprint density at radius 2 is 1.79 bits per heavy atom. The maximum atomic E-state index is 11.9. The van der Waals surface area contributed by atoms with Crippen LogP contribution < -0.4 is 10.9 Å². The molecular weight excluding hydrogens is 428 g/mol. The Morgan fingerprint density at radius 1 is 1.03 bits per heavy atom. The molecule has 8 heteroatoms. The van der Waals surface area contributed by atoms with E-state index in [1.54, 1.807) is 19.2 Å². The van der Waals surface area contributed by atoms with Crippen LogP contribution in [0.3, 0.4) is 0 Å². The van der Waals surface area contributed by atoms with E-state index in [-0.39, 0.29) is 22.4 Å². The second kappa shape index (κ2) is 7.63. The van der Waals surface area contributed by atoms with Crippen LogP contribution in [0.15, 0.2) is 59.9 Å². The summed E-state index contributed by atoms with van der Waals surface area (Å²) in [6.45, 7) is 8.72. The molecule has 0 amide bonds. The molecule has 0 spiro atoms. The number of phenols is 1. The molecule has 0 saturated heterocycles. The average molecular weight is 457 g/mol. The summed E-state index contributed by atoms with van der Waals surface area (Å²) in [4.78, 5) is 25.7. The van der Waals surface area contributed by atoms with E-state index in [2.05, 4.69) is 49.1 Å². The first kappa shape index (κ1) is 22.0. The van der Waals surface area contributed by atoms with Crippen molar-refractivity contribution in [1.29, 1.82) is 0 Å². The lowest BCUT2D eigenvalue weighted by atomic mass is 9.82. The third-order valence-corrected chi connectivity index (χ3v) is 6.03.